The Morgan fingerprint density at radius 3 is 0.792 bits per heavy atom. The fourth-order valence-electron chi connectivity index (χ4n) is 13.1. The van der Waals surface area contributed by atoms with Gasteiger partial charge in [-0.05, 0) is 250 Å². The van der Waals surface area contributed by atoms with E-state index in [1.165, 1.54) is 140 Å². The summed E-state index contributed by atoms with van der Waals surface area (Å²) in [5.74, 6) is 0. The van der Waals surface area contributed by atoms with Crippen molar-refractivity contribution >= 4 is 0 Å². The summed E-state index contributed by atoms with van der Waals surface area (Å²) in [5, 5.41) is 0. The van der Waals surface area contributed by atoms with Gasteiger partial charge >= 0.3 is 0 Å². The van der Waals surface area contributed by atoms with Gasteiger partial charge in [0.25, 0.3) is 0 Å². The molecule has 96 heavy (non-hydrogen) atoms. The summed E-state index contributed by atoms with van der Waals surface area (Å²) in [6.45, 7) is 34.5. The molecule has 492 valence electrons. The zero-order valence-corrected chi connectivity index (χ0v) is 62.0. The molecular weight excluding hydrogens is 1170 g/mol. The molecule has 0 spiro atoms. The van der Waals surface area contributed by atoms with Crippen molar-refractivity contribution in [2.45, 2.75) is 125 Å². The molecule has 0 saturated carbocycles. The van der Waals surface area contributed by atoms with Crippen LogP contribution in [0.4, 0.5) is 0 Å². The fourth-order valence-corrected chi connectivity index (χ4v) is 13.1. The van der Waals surface area contributed by atoms with Crippen LogP contribution in [0.15, 0.2) is 219 Å². The van der Waals surface area contributed by atoms with Crippen LogP contribution in [0.5, 0.6) is 0 Å². The molecule has 0 aliphatic heterocycles. The van der Waals surface area contributed by atoms with Crippen molar-refractivity contribution < 1.29 is 31.5 Å². The predicted molar refractivity (Wildman–Crippen MR) is 404 cm³/mol. The highest BCUT2D eigenvalue weighted by Crippen LogP contribution is 2.31. The zero-order chi connectivity index (χ0) is 72.7. The van der Waals surface area contributed by atoms with E-state index in [0.717, 1.165) is 22.4 Å². The summed E-state index contributed by atoms with van der Waals surface area (Å²) in [4.78, 5) is 0. The SMILES string of the molecule is Cc1cc(C)c(-c2cccc[n+]2C)c(C)c1.Cc1ccc(C)c(-c2cccc[n+]2C)c1C.Cc1ccc(C)c(-c2cccc[n+]2C)c1C.Cc1ccc(C)c(-c2cccc[n+]2C)c1C.Cc1cccc(-c2c(C)ccc[n+]2C)c1C.[2H]C([2H])([2H])c1cc(C)c(-c2cccc[n+]2C)c(C)c1. The van der Waals surface area contributed by atoms with Gasteiger partial charge in [0.15, 0.2) is 37.2 Å². The van der Waals surface area contributed by atoms with Gasteiger partial charge in [-0.1, -0.05) is 83.9 Å². The Morgan fingerprint density at radius 1 is 0.219 bits per heavy atom. The number of pyridine rings is 6. The minimum atomic E-state index is -2.05. The largest absolute Gasteiger partial charge is 0.215 e. The van der Waals surface area contributed by atoms with Crippen LogP contribution in [0.3, 0.4) is 0 Å². The van der Waals surface area contributed by atoms with E-state index in [1.54, 1.807) is 12.1 Å². The molecule has 0 bridgehead atoms. The first-order valence-corrected chi connectivity index (χ1v) is 33.5. The Morgan fingerprint density at radius 2 is 0.490 bits per heavy atom. The third kappa shape index (κ3) is 18.0. The van der Waals surface area contributed by atoms with E-state index in [0.29, 0.717) is 5.56 Å². The monoisotopic (exact) mass is 1280 g/mol. The molecule has 6 nitrogen and oxygen atoms in total. The minimum Gasteiger partial charge on any atom is -0.201 e. The molecule has 0 atom stereocenters. The van der Waals surface area contributed by atoms with Crippen LogP contribution in [-0.4, -0.2) is 0 Å². The van der Waals surface area contributed by atoms with Gasteiger partial charge in [0.2, 0.25) is 34.2 Å². The molecule has 0 amide bonds. The maximum absolute atomic E-state index is 7.51. The summed E-state index contributed by atoms with van der Waals surface area (Å²) in [6, 6.07) is 63.3. The molecule has 0 saturated heterocycles. The minimum absolute atomic E-state index is 0.407. The Bertz CT molecular complexity index is 4520. The summed E-state index contributed by atoms with van der Waals surface area (Å²) in [5.41, 5.74) is 38.1. The van der Waals surface area contributed by atoms with Crippen molar-refractivity contribution in [1.29, 1.82) is 0 Å². The maximum atomic E-state index is 7.51. The van der Waals surface area contributed by atoms with E-state index in [2.05, 4.69) is 345 Å². The quantitative estimate of drug-likeness (QED) is 0.148. The van der Waals surface area contributed by atoms with Gasteiger partial charge in [-0.15, -0.1) is 0 Å². The van der Waals surface area contributed by atoms with Gasteiger partial charge in [-0.2, -0.15) is 0 Å². The van der Waals surface area contributed by atoms with Crippen LogP contribution in [0, 0.1) is 125 Å². The number of rotatable bonds is 6. The number of hydrogen-bond donors (Lipinski definition) is 0. The molecule has 0 aliphatic rings. The lowest BCUT2D eigenvalue weighted by molar-refractivity contribution is -0.660. The lowest BCUT2D eigenvalue weighted by atomic mass is 9.95. The van der Waals surface area contributed by atoms with Crippen molar-refractivity contribution in [1.82, 2.24) is 0 Å². The molecule has 6 aromatic heterocycles. The standard InChI is InChI=1S/6C15H18N/c1-11-7-5-9-14(13(11)3)15-12(2)8-6-10-16(15)4;3*1-11-8-9-12(2)15(13(11)3)14-7-5-6-10-16(14)4;2*1-11-9-12(2)15(13(3)10-11)14-7-5-6-8-16(14)4/h6*5-10H,1-4H3/q6*+1/i;;;;1D3;. The maximum Gasteiger partial charge on any atom is 0.215 e. The molecule has 6 aromatic carbocycles. The van der Waals surface area contributed by atoms with Gasteiger partial charge in [0.05, 0.1) is 27.8 Å². The first-order chi connectivity index (χ1) is 46.8. The lowest BCUT2D eigenvalue weighted by Crippen LogP contribution is -2.31. The van der Waals surface area contributed by atoms with Gasteiger partial charge < -0.3 is 0 Å². The number of aryl methyl sites for hydroxylation is 20. The summed E-state index contributed by atoms with van der Waals surface area (Å²) in [7, 11) is 12.5. The van der Waals surface area contributed by atoms with Crippen molar-refractivity contribution in [2.24, 2.45) is 42.3 Å². The Kier molecular flexibility index (Phi) is 24.1. The normalized spacial score (nSPS) is 11.1. The molecule has 0 aliphatic carbocycles. The third-order valence-electron chi connectivity index (χ3n) is 18.8. The molecule has 12 aromatic rings. The second-order valence-corrected chi connectivity index (χ2v) is 26.2. The van der Waals surface area contributed by atoms with Crippen LogP contribution in [-0.2, 0) is 42.3 Å². The van der Waals surface area contributed by atoms with E-state index >= 15 is 0 Å². The van der Waals surface area contributed by atoms with Crippen LogP contribution in [0.1, 0.15) is 104 Å². The lowest BCUT2D eigenvalue weighted by Gasteiger charge is -2.10. The summed E-state index contributed by atoms with van der Waals surface area (Å²) < 4.78 is 35.5. The number of hydrogen-bond acceptors (Lipinski definition) is 0. The average Bonchev–Trinajstić information content (AvgIpc) is 0.948. The van der Waals surface area contributed by atoms with Crippen molar-refractivity contribution in [2.75, 3.05) is 0 Å². The molecule has 12 rings (SSSR count). The Labute approximate surface area is 582 Å². The number of nitrogens with zero attached hydrogens (tertiary/aromatic N) is 6. The molecule has 0 radical (unpaired) electrons. The molecule has 6 heterocycles. The molecule has 6 heteroatoms. The molecule has 0 unspecified atom stereocenters. The average molecular weight is 1280 g/mol. The second kappa shape index (κ2) is 33.6. The molecular formula is C90H108N6+6. The molecule has 0 fully saturated rings. The van der Waals surface area contributed by atoms with Crippen molar-refractivity contribution in [3.05, 3.63) is 319 Å². The molecule has 0 N–H and O–H groups in total. The van der Waals surface area contributed by atoms with Crippen LogP contribution < -0.4 is 27.4 Å². The summed E-state index contributed by atoms with van der Waals surface area (Å²) in [6.07, 6.45) is 12.5. The van der Waals surface area contributed by atoms with Crippen LogP contribution >= 0.6 is 0 Å². The first kappa shape index (κ1) is 69.1. The third-order valence-corrected chi connectivity index (χ3v) is 18.8. The van der Waals surface area contributed by atoms with E-state index < -0.39 is 6.85 Å². The number of benzene rings is 6. The van der Waals surface area contributed by atoms with E-state index in [-0.39, 0.29) is 0 Å². The van der Waals surface area contributed by atoms with Crippen molar-refractivity contribution in [3.8, 4) is 67.5 Å². The van der Waals surface area contributed by atoms with Gasteiger partial charge in [0.1, 0.15) is 42.3 Å². The van der Waals surface area contributed by atoms with Gasteiger partial charge in [0, 0.05) is 82.0 Å². The number of aromatic nitrogens is 6. The van der Waals surface area contributed by atoms with Crippen molar-refractivity contribution in [3.63, 3.8) is 0 Å². The van der Waals surface area contributed by atoms with Crippen LogP contribution in [0.25, 0.3) is 67.5 Å². The topological polar surface area (TPSA) is 23.3 Å². The van der Waals surface area contributed by atoms with E-state index in [1.807, 2.05) is 49.9 Å². The predicted octanol–water partition coefficient (Wildman–Crippen LogP) is 18.6. The van der Waals surface area contributed by atoms with Crippen LogP contribution in [0.2, 0.25) is 0 Å². The van der Waals surface area contributed by atoms with Gasteiger partial charge in [-0.3, -0.25) is 0 Å². The zero-order valence-electron chi connectivity index (χ0n) is 65.0. The van der Waals surface area contributed by atoms with E-state index in [9.17, 15) is 0 Å². The highest BCUT2D eigenvalue weighted by atomic mass is 14.9. The first-order valence-electron chi connectivity index (χ1n) is 35.0. The highest BCUT2D eigenvalue weighted by molar-refractivity contribution is 5.71. The summed E-state index contributed by atoms with van der Waals surface area (Å²) >= 11 is 0. The fraction of sp³-hybridized carbons (Fsp3) is 0.267. The highest BCUT2D eigenvalue weighted by Gasteiger charge is 2.21. The van der Waals surface area contributed by atoms with Gasteiger partial charge in [-0.25, -0.2) is 27.4 Å². The Balaban J connectivity index is 0.000000167. The smallest absolute Gasteiger partial charge is 0.201 e. The van der Waals surface area contributed by atoms with E-state index in [4.69, 9.17) is 4.11 Å². The second-order valence-electron chi connectivity index (χ2n) is 26.2. The Hall–Kier alpha value is -9.78.